The summed E-state index contributed by atoms with van der Waals surface area (Å²) in [5.74, 6) is 0.638. The molecular formula is C11H16BrNOS. The third kappa shape index (κ3) is 4.34. The summed E-state index contributed by atoms with van der Waals surface area (Å²) >= 11 is 5.12. The Bertz CT molecular complexity index is 335. The molecule has 0 fully saturated rings. The van der Waals surface area contributed by atoms with Crippen LogP contribution < -0.4 is 5.73 Å². The van der Waals surface area contributed by atoms with Crippen molar-refractivity contribution in [2.24, 2.45) is 11.7 Å². The molecule has 1 atom stereocenters. The number of halogens is 1. The number of carbonyl (C=O) groups excluding carboxylic acids is 1. The number of hydrogen-bond acceptors (Lipinski definition) is 2. The molecule has 0 aromatic carbocycles. The van der Waals surface area contributed by atoms with Crippen LogP contribution in [0.3, 0.4) is 0 Å². The van der Waals surface area contributed by atoms with Gasteiger partial charge in [0.2, 0.25) is 5.91 Å². The molecule has 2 nitrogen and oxygen atoms in total. The van der Waals surface area contributed by atoms with Crippen LogP contribution in [0, 0.1) is 5.92 Å². The van der Waals surface area contributed by atoms with Crippen molar-refractivity contribution >= 4 is 33.2 Å². The first-order valence-electron chi connectivity index (χ1n) is 5.02. The van der Waals surface area contributed by atoms with Crippen molar-refractivity contribution in [3.8, 4) is 0 Å². The van der Waals surface area contributed by atoms with Gasteiger partial charge in [-0.2, -0.15) is 0 Å². The van der Waals surface area contributed by atoms with Gasteiger partial charge < -0.3 is 5.73 Å². The second-order valence-corrected chi connectivity index (χ2v) is 6.63. The summed E-state index contributed by atoms with van der Waals surface area (Å²) in [4.78, 5) is 12.2. The summed E-state index contributed by atoms with van der Waals surface area (Å²) in [5, 5.41) is 0. The minimum absolute atomic E-state index is 0.217. The van der Waals surface area contributed by atoms with Gasteiger partial charge in [0.1, 0.15) is 0 Å². The highest BCUT2D eigenvalue weighted by Gasteiger charge is 2.17. The van der Waals surface area contributed by atoms with Gasteiger partial charge in [-0.3, -0.25) is 4.79 Å². The van der Waals surface area contributed by atoms with Gasteiger partial charge in [0.05, 0.1) is 3.79 Å². The zero-order valence-electron chi connectivity index (χ0n) is 9.00. The Labute approximate surface area is 103 Å². The summed E-state index contributed by atoms with van der Waals surface area (Å²) < 4.78 is 1.11. The monoisotopic (exact) mass is 289 g/mol. The Hall–Kier alpha value is -0.350. The highest BCUT2D eigenvalue weighted by molar-refractivity contribution is 9.11. The summed E-state index contributed by atoms with van der Waals surface area (Å²) in [6.07, 6.45) is 1.46. The Kier molecular flexibility index (Phi) is 4.80. The van der Waals surface area contributed by atoms with E-state index in [0.29, 0.717) is 12.3 Å². The molecule has 1 unspecified atom stereocenters. The summed E-state index contributed by atoms with van der Waals surface area (Å²) in [5.41, 5.74) is 5.27. The fraction of sp³-hybridized carbons (Fsp3) is 0.545. The second kappa shape index (κ2) is 5.66. The van der Waals surface area contributed by atoms with Gasteiger partial charge in [-0.1, -0.05) is 13.8 Å². The summed E-state index contributed by atoms with van der Waals surface area (Å²) in [6, 6.07) is 4.10. The van der Waals surface area contributed by atoms with E-state index in [4.69, 9.17) is 5.73 Å². The molecule has 1 heterocycles. The number of nitrogens with two attached hydrogens (primary N) is 1. The molecule has 0 saturated heterocycles. The Morgan fingerprint density at radius 2 is 2.20 bits per heavy atom. The van der Waals surface area contributed by atoms with E-state index in [1.807, 2.05) is 6.07 Å². The van der Waals surface area contributed by atoms with Crippen molar-refractivity contribution in [1.29, 1.82) is 0 Å². The highest BCUT2D eigenvalue weighted by atomic mass is 79.9. The molecule has 2 N–H and O–H groups in total. The van der Waals surface area contributed by atoms with Gasteiger partial charge in [-0.25, -0.2) is 0 Å². The molecule has 84 valence electrons. The van der Waals surface area contributed by atoms with Crippen LogP contribution in [-0.2, 0) is 4.79 Å². The fourth-order valence-electron chi connectivity index (χ4n) is 1.66. The topological polar surface area (TPSA) is 43.1 Å². The van der Waals surface area contributed by atoms with Crippen molar-refractivity contribution in [1.82, 2.24) is 0 Å². The van der Waals surface area contributed by atoms with E-state index in [1.54, 1.807) is 11.3 Å². The summed E-state index contributed by atoms with van der Waals surface area (Å²) in [7, 11) is 0. The molecule has 4 heteroatoms. The van der Waals surface area contributed by atoms with Crippen molar-refractivity contribution in [3.05, 3.63) is 20.8 Å². The third-order valence-corrected chi connectivity index (χ3v) is 3.99. The molecule has 0 aliphatic heterocycles. The van der Waals surface area contributed by atoms with E-state index in [0.717, 1.165) is 10.2 Å². The lowest BCUT2D eigenvalue weighted by atomic mass is 9.92. The van der Waals surface area contributed by atoms with Gasteiger partial charge in [0.15, 0.2) is 0 Å². The van der Waals surface area contributed by atoms with Crippen molar-refractivity contribution < 1.29 is 4.79 Å². The number of hydrogen-bond donors (Lipinski definition) is 1. The molecule has 1 aromatic rings. The lowest BCUT2D eigenvalue weighted by molar-refractivity contribution is -0.118. The normalized spacial score (nSPS) is 13.1. The molecule has 0 aliphatic carbocycles. The largest absolute Gasteiger partial charge is 0.370 e. The number of primary amides is 1. The first kappa shape index (κ1) is 12.7. The van der Waals surface area contributed by atoms with Crippen LogP contribution in [0.1, 0.15) is 37.5 Å². The Morgan fingerprint density at radius 3 is 2.60 bits per heavy atom. The molecule has 15 heavy (non-hydrogen) atoms. The first-order chi connectivity index (χ1) is 6.99. The molecule has 0 radical (unpaired) electrons. The van der Waals surface area contributed by atoms with Gasteiger partial charge in [0, 0.05) is 17.2 Å². The SMILES string of the molecule is CC(C)CC(CC(N)=O)c1ccc(Br)s1. The number of rotatable bonds is 5. The van der Waals surface area contributed by atoms with Gasteiger partial charge in [-0.05, 0) is 40.4 Å². The molecule has 1 rings (SSSR count). The molecule has 0 bridgehead atoms. The Balaban J connectivity index is 2.75. The van der Waals surface area contributed by atoms with Crippen LogP contribution in [0.25, 0.3) is 0 Å². The van der Waals surface area contributed by atoms with Crippen LogP contribution in [0.5, 0.6) is 0 Å². The second-order valence-electron chi connectivity index (χ2n) is 4.14. The van der Waals surface area contributed by atoms with E-state index in [-0.39, 0.29) is 11.8 Å². The lowest BCUT2D eigenvalue weighted by Crippen LogP contribution is -2.16. The van der Waals surface area contributed by atoms with Crippen LogP contribution in [0.4, 0.5) is 0 Å². The zero-order valence-corrected chi connectivity index (χ0v) is 11.4. The molecule has 1 amide bonds. The third-order valence-electron chi connectivity index (χ3n) is 2.20. The van der Waals surface area contributed by atoms with E-state index in [1.165, 1.54) is 4.88 Å². The van der Waals surface area contributed by atoms with Crippen molar-refractivity contribution in [2.45, 2.75) is 32.6 Å². The maximum absolute atomic E-state index is 11.0. The average molecular weight is 290 g/mol. The van der Waals surface area contributed by atoms with Gasteiger partial charge >= 0.3 is 0 Å². The minimum Gasteiger partial charge on any atom is -0.370 e. The average Bonchev–Trinajstić information content (AvgIpc) is 2.48. The van der Waals surface area contributed by atoms with E-state index in [2.05, 4.69) is 35.8 Å². The number of amides is 1. The quantitative estimate of drug-likeness (QED) is 0.886. The van der Waals surface area contributed by atoms with Crippen LogP contribution in [0.15, 0.2) is 15.9 Å². The highest BCUT2D eigenvalue weighted by Crippen LogP contribution is 2.34. The van der Waals surface area contributed by atoms with Gasteiger partial charge in [-0.15, -0.1) is 11.3 Å². The molecule has 0 spiro atoms. The predicted octanol–water partition coefficient (Wildman–Crippen LogP) is 3.52. The predicted molar refractivity (Wildman–Crippen MR) is 68.0 cm³/mol. The minimum atomic E-state index is -0.217. The Morgan fingerprint density at radius 1 is 1.53 bits per heavy atom. The molecule has 0 saturated carbocycles. The molecule has 1 aromatic heterocycles. The van der Waals surface area contributed by atoms with Crippen LogP contribution in [0.2, 0.25) is 0 Å². The standard InChI is InChI=1S/C11H16BrNOS/c1-7(2)5-8(6-11(13)14)9-3-4-10(12)15-9/h3-4,7-8H,5-6H2,1-2H3,(H2,13,14). The summed E-state index contributed by atoms with van der Waals surface area (Å²) in [6.45, 7) is 4.33. The van der Waals surface area contributed by atoms with Crippen molar-refractivity contribution in [2.75, 3.05) is 0 Å². The molecular weight excluding hydrogens is 274 g/mol. The van der Waals surface area contributed by atoms with Crippen LogP contribution in [-0.4, -0.2) is 5.91 Å². The maximum Gasteiger partial charge on any atom is 0.218 e. The smallest absolute Gasteiger partial charge is 0.218 e. The van der Waals surface area contributed by atoms with E-state index >= 15 is 0 Å². The maximum atomic E-state index is 11.0. The van der Waals surface area contributed by atoms with E-state index in [9.17, 15) is 4.79 Å². The molecule has 0 aliphatic rings. The first-order valence-corrected chi connectivity index (χ1v) is 6.63. The zero-order chi connectivity index (χ0) is 11.4. The van der Waals surface area contributed by atoms with Crippen molar-refractivity contribution in [3.63, 3.8) is 0 Å². The number of carbonyl (C=O) groups is 1. The van der Waals surface area contributed by atoms with E-state index < -0.39 is 0 Å². The number of thiophene rings is 1. The fourth-order valence-corrected chi connectivity index (χ4v) is 3.20. The van der Waals surface area contributed by atoms with Gasteiger partial charge in [0.25, 0.3) is 0 Å². The lowest BCUT2D eigenvalue weighted by Gasteiger charge is -2.15. The van der Waals surface area contributed by atoms with Crippen LogP contribution >= 0.6 is 27.3 Å².